The Bertz CT molecular complexity index is 1560. The van der Waals surface area contributed by atoms with Gasteiger partial charge in [0.25, 0.3) is 0 Å². The largest absolute Gasteiger partial charge is 0.221 e. The van der Waals surface area contributed by atoms with Crippen molar-refractivity contribution in [2.75, 3.05) is 0 Å². The van der Waals surface area contributed by atoms with Gasteiger partial charge in [0, 0.05) is 9.68 Å². The lowest BCUT2D eigenvalue weighted by Gasteiger charge is -2.15. The maximum absolute atomic E-state index is 7.96. The molecule has 0 atom stereocenters. The predicted octanol–water partition coefficient (Wildman–Crippen LogP) is 6.16. The van der Waals surface area contributed by atoms with E-state index >= 15 is 0 Å². The molecule has 1 aromatic heterocycles. The van der Waals surface area contributed by atoms with Crippen LogP contribution in [0.1, 0.15) is 26.4 Å². The number of aryl methyl sites for hydroxylation is 3. The first-order valence-corrected chi connectivity index (χ1v) is 9.73. The molecule has 28 heavy (non-hydrogen) atoms. The number of benzene rings is 4. The fourth-order valence-electron chi connectivity index (χ4n) is 5.24. The summed E-state index contributed by atoms with van der Waals surface area (Å²) in [4.78, 5) is 0. The van der Waals surface area contributed by atoms with E-state index in [9.17, 15) is 0 Å². The molecule has 0 aliphatic heterocycles. The number of aromatic nitrogens is 1. The molecule has 0 saturated carbocycles. The lowest BCUT2D eigenvalue weighted by molar-refractivity contribution is -0.644. The Kier molecular flexibility index (Phi) is 2.53. The van der Waals surface area contributed by atoms with E-state index < -0.39 is 6.85 Å². The highest BCUT2D eigenvalue weighted by molar-refractivity contribution is 6.25. The first kappa shape index (κ1) is 13.1. The molecule has 0 unspecified atom stereocenters. The van der Waals surface area contributed by atoms with Crippen molar-refractivity contribution >= 4 is 32.4 Å². The van der Waals surface area contributed by atoms with E-state index in [0.717, 1.165) is 22.7 Å². The molecule has 134 valence electrons. The molecule has 1 nitrogen and oxygen atoms in total. The topological polar surface area (TPSA) is 3.88 Å². The number of nitrogens with zero attached hydrogens (tertiary/aromatic N) is 1. The summed E-state index contributed by atoms with van der Waals surface area (Å²) in [6.07, 6.45) is 2.73. The normalized spacial score (nSPS) is 14.7. The summed E-state index contributed by atoms with van der Waals surface area (Å²) < 4.78 is 25.9. The van der Waals surface area contributed by atoms with Gasteiger partial charge in [0.15, 0.2) is 6.20 Å². The smallest absolute Gasteiger partial charge is 0.200 e. The van der Waals surface area contributed by atoms with Gasteiger partial charge >= 0.3 is 0 Å². The Morgan fingerprint density at radius 1 is 0.857 bits per heavy atom. The van der Waals surface area contributed by atoms with Crippen LogP contribution in [-0.2, 0) is 13.5 Å². The van der Waals surface area contributed by atoms with Crippen molar-refractivity contribution in [1.82, 2.24) is 0 Å². The summed E-state index contributed by atoms with van der Waals surface area (Å²) >= 11 is 0. The molecule has 0 fully saturated rings. The summed E-state index contributed by atoms with van der Waals surface area (Å²) in [5.41, 5.74) is 8.13. The average molecular weight is 363 g/mol. The molecule has 1 heterocycles. The van der Waals surface area contributed by atoms with Crippen molar-refractivity contribution in [2.24, 2.45) is 7.05 Å². The second kappa shape index (κ2) is 5.42. The Morgan fingerprint density at radius 3 is 2.43 bits per heavy atom. The first-order valence-electron chi connectivity index (χ1n) is 11.2. The Morgan fingerprint density at radius 2 is 1.61 bits per heavy atom. The van der Waals surface area contributed by atoms with Crippen molar-refractivity contribution in [3.05, 3.63) is 89.1 Å². The third-order valence-electron chi connectivity index (χ3n) is 6.31. The maximum Gasteiger partial charge on any atom is 0.221 e. The van der Waals surface area contributed by atoms with Crippen LogP contribution >= 0.6 is 0 Å². The zero-order valence-corrected chi connectivity index (χ0v) is 16.0. The second-order valence-electron chi connectivity index (χ2n) is 7.94. The Labute approximate surface area is 169 Å². The summed E-state index contributed by atoms with van der Waals surface area (Å²) in [5, 5.41) is 5.72. The van der Waals surface area contributed by atoms with Gasteiger partial charge in [0.2, 0.25) is 5.52 Å². The van der Waals surface area contributed by atoms with Crippen LogP contribution < -0.4 is 4.57 Å². The molecule has 1 heteroatoms. The Balaban J connectivity index is 1.87. The second-order valence-corrected chi connectivity index (χ2v) is 7.94. The molecule has 0 radical (unpaired) electrons. The number of pyridine rings is 1. The summed E-state index contributed by atoms with van der Waals surface area (Å²) in [7, 11) is 1.96. The van der Waals surface area contributed by atoms with Crippen LogP contribution in [0.4, 0.5) is 0 Å². The van der Waals surface area contributed by atoms with Crippen LogP contribution in [0, 0.1) is 13.8 Å². The summed E-state index contributed by atoms with van der Waals surface area (Å²) in [6, 6.07) is 21.3. The molecular weight excluding hydrogens is 338 g/mol. The van der Waals surface area contributed by atoms with E-state index in [2.05, 4.69) is 55.5 Å². The molecule has 4 aromatic carbocycles. The molecule has 0 bridgehead atoms. The maximum atomic E-state index is 7.96. The van der Waals surface area contributed by atoms with Crippen LogP contribution in [0.5, 0.6) is 0 Å². The fourth-order valence-corrected chi connectivity index (χ4v) is 5.24. The minimum absolute atomic E-state index is 0.371. The fraction of sp³-hybridized carbons (Fsp3) is 0.148. The third kappa shape index (κ3) is 1.94. The highest BCUT2D eigenvalue weighted by atomic mass is 14.9. The van der Waals surface area contributed by atoms with Gasteiger partial charge in [0.05, 0.1) is 10.8 Å². The van der Waals surface area contributed by atoms with Crippen molar-refractivity contribution in [3.8, 4) is 11.1 Å². The predicted molar refractivity (Wildman–Crippen MR) is 118 cm³/mol. The molecule has 0 N–H and O–H groups in total. The highest BCUT2D eigenvalue weighted by Gasteiger charge is 2.25. The SMILES string of the molecule is [2H]C([2H])([2H])c1cc2c3ccccc3c3cc4c(c(C)c3c2[n+](C)c1)-c1ccccc1C4. The van der Waals surface area contributed by atoms with Crippen molar-refractivity contribution in [2.45, 2.75) is 20.2 Å². The van der Waals surface area contributed by atoms with Crippen molar-refractivity contribution < 1.29 is 8.68 Å². The van der Waals surface area contributed by atoms with Gasteiger partial charge in [-0.15, -0.1) is 0 Å². The van der Waals surface area contributed by atoms with Crippen molar-refractivity contribution in [1.29, 1.82) is 0 Å². The van der Waals surface area contributed by atoms with Crippen molar-refractivity contribution in [3.63, 3.8) is 0 Å². The zero-order valence-electron chi connectivity index (χ0n) is 19.0. The number of rotatable bonds is 0. The molecule has 1 aliphatic carbocycles. The van der Waals surface area contributed by atoms with Gasteiger partial charge < -0.3 is 0 Å². The molecule has 0 saturated heterocycles. The van der Waals surface area contributed by atoms with Gasteiger partial charge in [-0.2, -0.15) is 0 Å². The molecular formula is C27H22N+. The van der Waals surface area contributed by atoms with E-state index in [1.807, 2.05) is 23.7 Å². The van der Waals surface area contributed by atoms with E-state index in [1.165, 1.54) is 44.0 Å². The highest BCUT2D eigenvalue weighted by Crippen LogP contribution is 2.45. The number of fused-ring (bicyclic) bond motifs is 9. The van der Waals surface area contributed by atoms with Gasteiger partial charge in [0.1, 0.15) is 7.05 Å². The minimum Gasteiger partial charge on any atom is -0.200 e. The lowest BCUT2D eigenvalue weighted by Crippen LogP contribution is -2.29. The van der Waals surface area contributed by atoms with Gasteiger partial charge in [-0.25, -0.2) is 4.57 Å². The quantitative estimate of drug-likeness (QED) is 0.225. The monoisotopic (exact) mass is 363 g/mol. The van der Waals surface area contributed by atoms with E-state index in [4.69, 9.17) is 4.11 Å². The standard InChI is InChI=1S/C27H22N/c1-16-12-24-22-11-7-6-10-21(22)23-14-19-13-18-8-4-5-9-20(18)25(19)17(2)26(23)27(24)28(3)15-16/h4-12,14-15H,13H2,1-3H3/q+1/i1D3. The minimum atomic E-state index is -2.14. The van der Waals surface area contributed by atoms with E-state index in [1.54, 1.807) is 6.20 Å². The summed E-state index contributed by atoms with van der Waals surface area (Å²) in [5.74, 6) is 0. The van der Waals surface area contributed by atoms with Gasteiger partial charge in [-0.05, 0) is 76.3 Å². The summed E-state index contributed by atoms with van der Waals surface area (Å²) in [6.45, 7) is 0.0725. The molecule has 1 aliphatic rings. The third-order valence-corrected chi connectivity index (χ3v) is 6.31. The first-order chi connectivity index (χ1) is 14.8. The van der Waals surface area contributed by atoms with Crippen LogP contribution in [0.15, 0.2) is 66.9 Å². The van der Waals surface area contributed by atoms with Gasteiger partial charge in [-0.1, -0.05) is 48.5 Å². The zero-order chi connectivity index (χ0) is 21.5. The van der Waals surface area contributed by atoms with E-state index in [-0.39, 0.29) is 0 Å². The van der Waals surface area contributed by atoms with Gasteiger partial charge in [-0.3, -0.25) is 0 Å². The average Bonchev–Trinajstić information content (AvgIpc) is 3.12. The number of hydrogen-bond acceptors (Lipinski definition) is 0. The number of hydrogen-bond donors (Lipinski definition) is 0. The Hall–Kier alpha value is -3.19. The van der Waals surface area contributed by atoms with Crippen LogP contribution in [0.3, 0.4) is 0 Å². The van der Waals surface area contributed by atoms with Crippen LogP contribution in [0.2, 0.25) is 0 Å². The molecule has 6 rings (SSSR count). The van der Waals surface area contributed by atoms with E-state index in [0.29, 0.717) is 5.56 Å². The lowest BCUT2D eigenvalue weighted by atomic mass is 9.89. The molecule has 0 spiro atoms. The molecule has 5 aromatic rings. The van der Waals surface area contributed by atoms with Crippen LogP contribution in [-0.4, -0.2) is 0 Å². The van der Waals surface area contributed by atoms with Crippen LogP contribution in [0.25, 0.3) is 43.6 Å². The molecule has 0 amide bonds.